The molecule has 2 N–H and O–H groups in total. The predicted molar refractivity (Wildman–Crippen MR) is 109 cm³/mol. The number of nitrogens with zero attached hydrogens (tertiary/aromatic N) is 4. The number of guanidine groups is 1. The van der Waals surface area contributed by atoms with Crippen LogP contribution in [0.4, 0.5) is 13.2 Å². The molecule has 0 aliphatic carbocycles. The van der Waals surface area contributed by atoms with E-state index in [1.54, 1.807) is 7.05 Å². The van der Waals surface area contributed by atoms with Gasteiger partial charge in [-0.15, -0.1) is 24.0 Å². The van der Waals surface area contributed by atoms with Crippen LogP contribution >= 0.6 is 24.0 Å². The van der Waals surface area contributed by atoms with Crippen LogP contribution in [0.15, 0.2) is 11.2 Å². The first kappa shape index (κ1) is 25.0. The fourth-order valence-electron chi connectivity index (χ4n) is 2.72. The Morgan fingerprint density at radius 3 is 2.27 bits per heavy atom. The van der Waals surface area contributed by atoms with Gasteiger partial charge in [-0.3, -0.25) is 14.6 Å². The van der Waals surface area contributed by atoms with Crippen molar-refractivity contribution in [3.63, 3.8) is 0 Å². The molecule has 1 heterocycles. The van der Waals surface area contributed by atoms with Gasteiger partial charge in [0.15, 0.2) is 11.7 Å². The standard InChI is InChI=1S/C16H29F3N6.HI/c1-11(2)25(12(3)4)8-7-21-15(20-5)22-9-13-10-24(6)23-14(13)16(17,18)19;/h10-12H,7-9H2,1-6H3,(H2,20,21,22);1H. The molecule has 0 amide bonds. The van der Waals surface area contributed by atoms with Crippen molar-refractivity contribution < 1.29 is 13.2 Å². The number of halogens is 4. The molecule has 0 saturated heterocycles. The fraction of sp³-hybridized carbons (Fsp3) is 0.750. The van der Waals surface area contributed by atoms with Gasteiger partial charge in [0.1, 0.15) is 0 Å². The van der Waals surface area contributed by atoms with Gasteiger partial charge in [-0.2, -0.15) is 18.3 Å². The minimum atomic E-state index is -4.47. The lowest BCUT2D eigenvalue weighted by molar-refractivity contribution is -0.142. The van der Waals surface area contributed by atoms with Crippen LogP contribution in [0.5, 0.6) is 0 Å². The minimum Gasteiger partial charge on any atom is -0.355 e. The molecule has 0 spiro atoms. The zero-order chi connectivity index (χ0) is 19.2. The third kappa shape index (κ3) is 7.68. The molecule has 0 radical (unpaired) electrons. The fourth-order valence-corrected chi connectivity index (χ4v) is 2.72. The largest absolute Gasteiger partial charge is 0.435 e. The molecular weight excluding hydrogens is 460 g/mol. The van der Waals surface area contributed by atoms with E-state index in [0.29, 0.717) is 24.6 Å². The molecule has 0 saturated carbocycles. The summed E-state index contributed by atoms with van der Waals surface area (Å²) in [6.07, 6.45) is -3.10. The molecule has 0 fully saturated rings. The summed E-state index contributed by atoms with van der Waals surface area (Å²) in [6.45, 7) is 10.00. The molecular formula is C16H30F3IN6. The van der Waals surface area contributed by atoms with Crippen LogP contribution in [0.1, 0.15) is 39.0 Å². The predicted octanol–water partition coefficient (Wildman–Crippen LogP) is 2.84. The van der Waals surface area contributed by atoms with Crippen molar-refractivity contribution in [2.75, 3.05) is 20.1 Å². The van der Waals surface area contributed by atoms with Gasteiger partial charge in [0.25, 0.3) is 0 Å². The van der Waals surface area contributed by atoms with Gasteiger partial charge >= 0.3 is 6.18 Å². The molecule has 0 aliphatic rings. The van der Waals surface area contributed by atoms with E-state index in [9.17, 15) is 13.2 Å². The Balaban J connectivity index is 0.00000625. The highest BCUT2D eigenvalue weighted by Crippen LogP contribution is 2.30. The first-order valence-electron chi connectivity index (χ1n) is 8.36. The summed E-state index contributed by atoms with van der Waals surface area (Å²) >= 11 is 0. The van der Waals surface area contributed by atoms with Gasteiger partial charge < -0.3 is 10.6 Å². The van der Waals surface area contributed by atoms with Crippen LogP contribution in [0, 0.1) is 0 Å². The van der Waals surface area contributed by atoms with Crippen molar-refractivity contribution in [1.29, 1.82) is 0 Å². The monoisotopic (exact) mass is 490 g/mol. The summed E-state index contributed by atoms with van der Waals surface area (Å²) < 4.78 is 40.0. The molecule has 6 nitrogen and oxygen atoms in total. The van der Waals surface area contributed by atoms with E-state index in [4.69, 9.17) is 0 Å². The topological polar surface area (TPSA) is 57.5 Å². The number of aromatic nitrogens is 2. The highest BCUT2D eigenvalue weighted by Gasteiger charge is 2.36. The quantitative estimate of drug-likeness (QED) is 0.351. The zero-order valence-electron chi connectivity index (χ0n) is 16.2. The molecule has 1 rings (SSSR count). The Morgan fingerprint density at radius 1 is 1.23 bits per heavy atom. The molecule has 1 aromatic heterocycles. The number of rotatable bonds is 7. The molecule has 0 aliphatic heterocycles. The summed E-state index contributed by atoms with van der Waals surface area (Å²) in [5, 5.41) is 9.54. The molecule has 26 heavy (non-hydrogen) atoms. The highest BCUT2D eigenvalue weighted by molar-refractivity contribution is 14.0. The average Bonchev–Trinajstić information content (AvgIpc) is 2.87. The van der Waals surface area contributed by atoms with E-state index in [-0.39, 0.29) is 36.1 Å². The van der Waals surface area contributed by atoms with Gasteiger partial charge in [-0.05, 0) is 27.7 Å². The summed E-state index contributed by atoms with van der Waals surface area (Å²) in [5.74, 6) is 0.462. The second kappa shape index (κ2) is 11.0. The number of hydrogen-bond donors (Lipinski definition) is 2. The Labute approximate surface area is 170 Å². The van der Waals surface area contributed by atoms with Crippen molar-refractivity contribution in [3.05, 3.63) is 17.5 Å². The van der Waals surface area contributed by atoms with Crippen molar-refractivity contribution in [2.24, 2.45) is 12.0 Å². The van der Waals surface area contributed by atoms with E-state index in [2.05, 4.69) is 53.3 Å². The van der Waals surface area contributed by atoms with Crippen LogP contribution in [0.3, 0.4) is 0 Å². The van der Waals surface area contributed by atoms with Crippen molar-refractivity contribution in [3.8, 4) is 0 Å². The van der Waals surface area contributed by atoms with E-state index in [0.717, 1.165) is 6.54 Å². The summed E-state index contributed by atoms with van der Waals surface area (Å²) in [7, 11) is 3.06. The Bertz CT molecular complexity index is 561. The highest BCUT2D eigenvalue weighted by atomic mass is 127. The van der Waals surface area contributed by atoms with E-state index in [1.807, 2.05) is 0 Å². The van der Waals surface area contributed by atoms with E-state index < -0.39 is 11.9 Å². The average molecular weight is 490 g/mol. The maximum Gasteiger partial charge on any atom is 0.435 e. The number of nitrogens with one attached hydrogen (secondary N) is 2. The summed E-state index contributed by atoms with van der Waals surface area (Å²) in [4.78, 5) is 6.38. The zero-order valence-corrected chi connectivity index (χ0v) is 18.5. The lowest BCUT2D eigenvalue weighted by atomic mass is 10.2. The number of aliphatic imine (C=N–C) groups is 1. The molecule has 1 aromatic rings. The number of hydrogen-bond acceptors (Lipinski definition) is 3. The van der Waals surface area contributed by atoms with Crippen LogP contribution in [-0.2, 0) is 19.8 Å². The molecule has 0 atom stereocenters. The van der Waals surface area contributed by atoms with Gasteiger partial charge in [-0.25, -0.2) is 0 Å². The second-order valence-electron chi connectivity index (χ2n) is 6.45. The van der Waals surface area contributed by atoms with Crippen LogP contribution in [-0.4, -0.2) is 52.9 Å². The maximum atomic E-state index is 13.0. The van der Waals surface area contributed by atoms with Crippen LogP contribution < -0.4 is 10.6 Å². The molecule has 0 aromatic carbocycles. The van der Waals surface area contributed by atoms with Crippen LogP contribution in [0.2, 0.25) is 0 Å². The third-order valence-electron chi connectivity index (χ3n) is 3.83. The van der Waals surface area contributed by atoms with E-state index in [1.165, 1.54) is 17.9 Å². The molecule has 10 heteroatoms. The maximum absolute atomic E-state index is 13.0. The lowest BCUT2D eigenvalue weighted by Crippen LogP contribution is -2.45. The first-order valence-corrected chi connectivity index (χ1v) is 8.36. The van der Waals surface area contributed by atoms with Gasteiger partial charge in [0, 0.05) is 57.6 Å². The summed E-state index contributed by atoms with van der Waals surface area (Å²) in [5.41, 5.74) is -0.785. The normalized spacial score (nSPS) is 12.7. The van der Waals surface area contributed by atoms with Crippen molar-refractivity contribution in [2.45, 2.75) is 52.5 Å². The third-order valence-corrected chi connectivity index (χ3v) is 3.83. The SMILES string of the molecule is CN=C(NCCN(C(C)C)C(C)C)NCc1cn(C)nc1C(F)(F)F.I. The van der Waals surface area contributed by atoms with Gasteiger partial charge in [-0.1, -0.05) is 0 Å². The summed E-state index contributed by atoms with van der Waals surface area (Å²) in [6, 6.07) is 0.836. The Kier molecular flexibility index (Phi) is 10.5. The molecule has 0 bridgehead atoms. The van der Waals surface area contributed by atoms with Crippen LogP contribution in [0.25, 0.3) is 0 Å². The first-order chi connectivity index (χ1) is 11.6. The number of aryl methyl sites for hydroxylation is 1. The lowest BCUT2D eigenvalue weighted by Gasteiger charge is -2.30. The molecule has 152 valence electrons. The van der Waals surface area contributed by atoms with E-state index >= 15 is 0 Å². The van der Waals surface area contributed by atoms with Gasteiger partial charge in [0.2, 0.25) is 0 Å². The smallest absolute Gasteiger partial charge is 0.355 e. The molecule has 0 unspecified atom stereocenters. The second-order valence-corrected chi connectivity index (χ2v) is 6.45. The Hall–Kier alpha value is -1.04. The Morgan fingerprint density at radius 2 is 1.81 bits per heavy atom. The van der Waals surface area contributed by atoms with Crippen molar-refractivity contribution >= 4 is 29.9 Å². The minimum absolute atomic E-state index is 0. The van der Waals surface area contributed by atoms with Crippen molar-refractivity contribution in [1.82, 2.24) is 25.3 Å². The van der Waals surface area contributed by atoms with Gasteiger partial charge in [0.05, 0.1) is 0 Å². The number of alkyl halides is 3.